The molecule has 0 rings (SSSR count). The molecule has 0 saturated carbocycles. The molecule has 0 unspecified atom stereocenters. The van der Waals surface area contributed by atoms with E-state index >= 15 is 0 Å². The van der Waals surface area contributed by atoms with Gasteiger partial charge >= 0.3 is 0 Å². The second kappa shape index (κ2) is 4.61. The predicted octanol–water partition coefficient (Wildman–Crippen LogP) is 2.09. The molecule has 0 amide bonds. The number of nitrogens with zero attached hydrogens (tertiary/aromatic N) is 1. The molecule has 0 aliphatic heterocycles. The first kappa shape index (κ1) is 11.6. The van der Waals surface area contributed by atoms with E-state index in [2.05, 4.69) is 25.7 Å². The van der Waals surface area contributed by atoms with E-state index < -0.39 is 0 Å². The minimum Gasteiger partial charge on any atom is -0.298 e. The SMILES string of the molecule is CCC(=O)CN(C)C(C)(C)CC. The molecule has 0 bridgehead atoms. The molecule has 12 heavy (non-hydrogen) atoms. The van der Waals surface area contributed by atoms with Crippen molar-refractivity contribution in [2.24, 2.45) is 0 Å². The fraction of sp³-hybridized carbons (Fsp3) is 0.900. The molecule has 0 aliphatic carbocycles. The number of hydrogen-bond acceptors (Lipinski definition) is 2. The fourth-order valence-electron chi connectivity index (χ4n) is 0.860. The summed E-state index contributed by atoms with van der Waals surface area (Å²) in [4.78, 5) is 13.3. The Morgan fingerprint density at radius 3 is 2.17 bits per heavy atom. The lowest BCUT2D eigenvalue weighted by Gasteiger charge is -2.34. The van der Waals surface area contributed by atoms with Crippen LogP contribution in [-0.4, -0.2) is 29.8 Å². The molecule has 0 aliphatic rings. The molecule has 0 radical (unpaired) electrons. The lowest BCUT2D eigenvalue weighted by atomic mass is 9.99. The molecular weight excluding hydrogens is 150 g/mol. The average Bonchev–Trinajstić information content (AvgIpc) is 2.04. The van der Waals surface area contributed by atoms with Crippen LogP contribution >= 0.6 is 0 Å². The van der Waals surface area contributed by atoms with Gasteiger partial charge in [-0.15, -0.1) is 0 Å². The van der Waals surface area contributed by atoms with Gasteiger partial charge in [0.1, 0.15) is 5.78 Å². The van der Waals surface area contributed by atoms with Crippen LogP contribution in [0.3, 0.4) is 0 Å². The number of carbonyl (C=O) groups is 1. The van der Waals surface area contributed by atoms with Crippen molar-refractivity contribution < 1.29 is 4.79 Å². The van der Waals surface area contributed by atoms with Gasteiger partial charge in [-0.3, -0.25) is 9.69 Å². The first-order chi connectivity index (χ1) is 5.44. The van der Waals surface area contributed by atoms with Crippen LogP contribution in [0.1, 0.15) is 40.5 Å². The van der Waals surface area contributed by atoms with E-state index in [1.165, 1.54) is 0 Å². The first-order valence-corrected chi connectivity index (χ1v) is 4.67. The maximum atomic E-state index is 11.1. The van der Waals surface area contributed by atoms with Crippen LogP contribution in [0.15, 0.2) is 0 Å². The van der Waals surface area contributed by atoms with E-state index in [1.807, 2.05) is 14.0 Å². The molecule has 72 valence electrons. The van der Waals surface area contributed by atoms with Crippen molar-refractivity contribution in [2.75, 3.05) is 13.6 Å². The Labute approximate surface area is 75.9 Å². The Kier molecular flexibility index (Phi) is 4.46. The molecule has 0 spiro atoms. The largest absolute Gasteiger partial charge is 0.298 e. The molecule has 2 heteroatoms. The Hall–Kier alpha value is -0.370. The van der Waals surface area contributed by atoms with Crippen molar-refractivity contribution in [3.63, 3.8) is 0 Å². The molecule has 0 heterocycles. The van der Waals surface area contributed by atoms with Crippen molar-refractivity contribution in [3.8, 4) is 0 Å². The van der Waals surface area contributed by atoms with Crippen LogP contribution in [0.25, 0.3) is 0 Å². The average molecular weight is 171 g/mol. The van der Waals surface area contributed by atoms with Crippen molar-refractivity contribution in [3.05, 3.63) is 0 Å². The van der Waals surface area contributed by atoms with E-state index in [0.29, 0.717) is 18.7 Å². The summed E-state index contributed by atoms with van der Waals surface area (Å²) in [5, 5.41) is 0. The number of likely N-dealkylation sites (N-methyl/N-ethyl adjacent to an activating group) is 1. The second-order valence-electron chi connectivity index (χ2n) is 3.91. The molecule has 0 aromatic carbocycles. The predicted molar refractivity (Wildman–Crippen MR) is 52.3 cm³/mol. The molecule has 2 nitrogen and oxygen atoms in total. The van der Waals surface area contributed by atoms with Gasteiger partial charge in [0.25, 0.3) is 0 Å². The normalized spacial score (nSPS) is 12.2. The van der Waals surface area contributed by atoms with Crippen molar-refractivity contribution in [1.29, 1.82) is 0 Å². The molecule has 0 N–H and O–H groups in total. The van der Waals surface area contributed by atoms with Gasteiger partial charge in [0.2, 0.25) is 0 Å². The Balaban J connectivity index is 4.02. The van der Waals surface area contributed by atoms with Gasteiger partial charge in [-0.05, 0) is 27.3 Å². The maximum Gasteiger partial charge on any atom is 0.146 e. The third kappa shape index (κ3) is 3.35. The number of rotatable bonds is 5. The molecule has 0 aromatic heterocycles. The summed E-state index contributed by atoms with van der Waals surface area (Å²) in [5.41, 5.74) is 0.144. The molecule has 0 fully saturated rings. The van der Waals surface area contributed by atoms with Crippen molar-refractivity contribution >= 4 is 5.78 Å². The van der Waals surface area contributed by atoms with Gasteiger partial charge in [0, 0.05) is 12.0 Å². The highest BCUT2D eigenvalue weighted by atomic mass is 16.1. The third-order valence-corrected chi connectivity index (χ3v) is 2.71. The number of Topliss-reactive ketones (excluding diaryl/α,β-unsaturated/α-hetero) is 1. The van der Waals surface area contributed by atoms with E-state index in [-0.39, 0.29) is 5.54 Å². The van der Waals surface area contributed by atoms with Crippen LogP contribution in [0.4, 0.5) is 0 Å². The Morgan fingerprint density at radius 2 is 1.83 bits per heavy atom. The lowest BCUT2D eigenvalue weighted by Crippen LogP contribution is -2.43. The van der Waals surface area contributed by atoms with Gasteiger partial charge in [-0.25, -0.2) is 0 Å². The van der Waals surface area contributed by atoms with Crippen molar-refractivity contribution in [1.82, 2.24) is 4.90 Å². The third-order valence-electron chi connectivity index (χ3n) is 2.71. The zero-order valence-corrected chi connectivity index (χ0v) is 8.98. The quantitative estimate of drug-likeness (QED) is 0.631. The van der Waals surface area contributed by atoms with Crippen LogP contribution < -0.4 is 0 Å². The molecule has 0 atom stereocenters. The van der Waals surface area contributed by atoms with E-state index in [0.717, 1.165) is 6.42 Å². The standard InChI is InChI=1S/C10H21NO/c1-6-9(12)8-11(5)10(3,4)7-2/h6-8H2,1-5H3. The topological polar surface area (TPSA) is 20.3 Å². The highest BCUT2D eigenvalue weighted by Gasteiger charge is 2.21. The molecule has 0 saturated heterocycles. The van der Waals surface area contributed by atoms with Crippen LogP contribution in [0, 0.1) is 0 Å². The van der Waals surface area contributed by atoms with Gasteiger partial charge in [-0.1, -0.05) is 13.8 Å². The summed E-state index contributed by atoms with van der Waals surface area (Å²) in [6.07, 6.45) is 1.71. The summed E-state index contributed by atoms with van der Waals surface area (Å²) in [5.74, 6) is 0.319. The maximum absolute atomic E-state index is 11.1. The van der Waals surface area contributed by atoms with Crippen LogP contribution in [0.5, 0.6) is 0 Å². The summed E-state index contributed by atoms with van der Waals surface area (Å²) in [6, 6.07) is 0. The van der Waals surface area contributed by atoms with Crippen LogP contribution in [0.2, 0.25) is 0 Å². The minimum atomic E-state index is 0.144. The molecule has 0 aromatic rings. The minimum absolute atomic E-state index is 0.144. The zero-order valence-electron chi connectivity index (χ0n) is 8.98. The monoisotopic (exact) mass is 171 g/mol. The molecular formula is C10H21NO. The summed E-state index contributed by atoms with van der Waals surface area (Å²) >= 11 is 0. The van der Waals surface area contributed by atoms with E-state index in [4.69, 9.17) is 0 Å². The number of ketones is 1. The van der Waals surface area contributed by atoms with E-state index in [9.17, 15) is 4.79 Å². The van der Waals surface area contributed by atoms with E-state index in [1.54, 1.807) is 0 Å². The smallest absolute Gasteiger partial charge is 0.146 e. The van der Waals surface area contributed by atoms with Crippen molar-refractivity contribution in [2.45, 2.75) is 46.1 Å². The Morgan fingerprint density at radius 1 is 1.33 bits per heavy atom. The van der Waals surface area contributed by atoms with Crippen LogP contribution in [-0.2, 0) is 4.79 Å². The number of hydrogen-bond donors (Lipinski definition) is 0. The number of carbonyl (C=O) groups excluding carboxylic acids is 1. The highest BCUT2D eigenvalue weighted by Crippen LogP contribution is 2.15. The summed E-state index contributed by atoms with van der Waals surface area (Å²) < 4.78 is 0. The van der Waals surface area contributed by atoms with Gasteiger partial charge in [0.15, 0.2) is 0 Å². The fourth-order valence-corrected chi connectivity index (χ4v) is 0.860. The summed E-state index contributed by atoms with van der Waals surface area (Å²) in [7, 11) is 2.01. The summed E-state index contributed by atoms with van der Waals surface area (Å²) in [6.45, 7) is 8.96. The lowest BCUT2D eigenvalue weighted by molar-refractivity contribution is -0.120. The first-order valence-electron chi connectivity index (χ1n) is 4.67. The Bertz CT molecular complexity index is 152. The zero-order chi connectivity index (χ0) is 9.78. The second-order valence-corrected chi connectivity index (χ2v) is 3.91. The van der Waals surface area contributed by atoms with Gasteiger partial charge in [0.05, 0.1) is 6.54 Å². The van der Waals surface area contributed by atoms with Gasteiger partial charge < -0.3 is 0 Å². The van der Waals surface area contributed by atoms with Gasteiger partial charge in [-0.2, -0.15) is 0 Å². The highest BCUT2D eigenvalue weighted by molar-refractivity contribution is 5.80.